The molecule has 0 radical (unpaired) electrons. The molecule has 3 aromatic rings. The van der Waals surface area contributed by atoms with E-state index >= 15 is 0 Å². The highest BCUT2D eigenvalue weighted by molar-refractivity contribution is 5.93. The fourth-order valence-electron chi connectivity index (χ4n) is 2.39. The summed E-state index contributed by atoms with van der Waals surface area (Å²) in [5.41, 5.74) is 3.53. The van der Waals surface area contributed by atoms with Crippen LogP contribution in [0.4, 0.5) is 0 Å². The highest BCUT2D eigenvalue weighted by atomic mass is 16.5. The molecule has 152 valence electrons. The molecule has 9 heteroatoms. The van der Waals surface area contributed by atoms with Crippen molar-refractivity contribution >= 4 is 18.1 Å². The summed E-state index contributed by atoms with van der Waals surface area (Å²) in [4.78, 5) is 31.9. The zero-order valence-electron chi connectivity index (χ0n) is 16.2. The molecule has 1 aromatic heterocycles. The van der Waals surface area contributed by atoms with Crippen LogP contribution in [0.15, 0.2) is 66.2 Å². The number of rotatable bonds is 7. The number of hydrogen-bond donors (Lipinski definition) is 1. The molecule has 0 aliphatic heterocycles. The fraction of sp³-hybridized carbons (Fsp3) is 0.0952. The first-order chi connectivity index (χ1) is 14.6. The molecular formula is C21H18N4O5. The molecule has 1 N–H and O–H groups in total. The number of nitrogens with one attached hydrogen (secondary N) is 1. The smallest absolute Gasteiger partial charge is 0.343 e. The Balaban J connectivity index is 1.59. The maximum Gasteiger partial charge on any atom is 0.343 e. The Morgan fingerprint density at radius 1 is 1.00 bits per heavy atom. The van der Waals surface area contributed by atoms with E-state index in [1.54, 1.807) is 42.5 Å². The number of ether oxygens (including phenoxy) is 3. The summed E-state index contributed by atoms with van der Waals surface area (Å²) in [6.07, 6.45) is 5.68. The topological polar surface area (TPSA) is 112 Å². The van der Waals surface area contributed by atoms with Crippen LogP contribution in [-0.2, 0) is 0 Å². The third-order valence-corrected chi connectivity index (χ3v) is 3.89. The summed E-state index contributed by atoms with van der Waals surface area (Å²) in [5.74, 6) is 0.301. The normalized spacial score (nSPS) is 10.5. The van der Waals surface area contributed by atoms with E-state index in [2.05, 4.69) is 20.5 Å². The van der Waals surface area contributed by atoms with Gasteiger partial charge >= 0.3 is 5.97 Å². The quantitative estimate of drug-likeness (QED) is 0.278. The number of hydrogen-bond acceptors (Lipinski definition) is 8. The number of esters is 1. The maximum atomic E-state index is 12.3. The zero-order valence-corrected chi connectivity index (χ0v) is 16.2. The van der Waals surface area contributed by atoms with Gasteiger partial charge in [-0.25, -0.2) is 15.2 Å². The van der Waals surface area contributed by atoms with Gasteiger partial charge in [0.05, 0.1) is 32.2 Å². The number of amides is 1. The first-order valence-electron chi connectivity index (χ1n) is 8.74. The Morgan fingerprint density at radius 3 is 2.43 bits per heavy atom. The molecule has 0 spiro atoms. The predicted molar refractivity (Wildman–Crippen MR) is 108 cm³/mol. The van der Waals surface area contributed by atoms with E-state index in [1.807, 2.05) is 0 Å². The number of carbonyl (C=O) groups is 2. The lowest BCUT2D eigenvalue weighted by molar-refractivity contribution is 0.0734. The molecule has 3 rings (SSSR count). The van der Waals surface area contributed by atoms with Crippen LogP contribution in [0, 0.1) is 0 Å². The molecule has 0 atom stereocenters. The lowest BCUT2D eigenvalue weighted by Crippen LogP contribution is -2.19. The molecule has 0 unspecified atom stereocenters. The average Bonchev–Trinajstić information content (AvgIpc) is 2.80. The van der Waals surface area contributed by atoms with Crippen LogP contribution in [0.5, 0.6) is 17.2 Å². The third kappa shape index (κ3) is 5.16. The van der Waals surface area contributed by atoms with Gasteiger partial charge in [0.2, 0.25) is 0 Å². The number of carbonyl (C=O) groups excluding carboxylic acids is 2. The summed E-state index contributed by atoms with van der Waals surface area (Å²) < 4.78 is 15.7. The van der Waals surface area contributed by atoms with Crippen molar-refractivity contribution in [2.24, 2.45) is 5.10 Å². The molecule has 0 aliphatic rings. The van der Waals surface area contributed by atoms with Crippen molar-refractivity contribution in [2.75, 3.05) is 14.2 Å². The van der Waals surface area contributed by atoms with Crippen LogP contribution >= 0.6 is 0 Å². The van der Waals surface area contributed by atoms with E-state index in [1.165, 1.54) is 39.0 Å². The summed E-state index contributed by atoms with van der Waals surface area (Å²) in [5, 5.41) is 3.87. The van der Waals surface area contributed by atoms with Crippen molar-refractivity contribution in [2.45, 2.75) is 0 Å². The highest BCUT2D eigenvalue weighted by Crippen LogP contribution is 2.28. The van der Waals surface area contributed by atoms with Gasteiger partial charge in [0.1, 0.15) is 11.4 Å². The SMILES string of the molecule is COc1ccc(C(=O)Oc2ccc(/C=N/NC(=O)c3cnccn3)cc2)cc1OC. The van der Waals surface area contributed by atoms with Crippen molar-refractivity contribution in [1.29, 1.82) is 0 Å². The fourth-order valence-corrected chi connectivity index (χ4v) is 2.39. The molecule has 0 saturated carbocycles. The molecule has 2 aromatic carbocycles. The van der Waals surface area contributed by atoms with Gasteiger partial charge in [-0.2, -0.15) is 5.10 Å². The number of nitrogens with zero attached hydrogens (tertiary/aromatic N) is 3. The van der Waals surface area contributed by atoms with Crippen molar-refractivity contribution in [3.63, 3.8) is 0 Å². The van der Waals surface area contributed by atoms with Crippen LogP contribution in [0.3, 0.4) is 0 Å². The summed E-state index contributed by atoms with van der Waals surface area (Å²) >= 11 is 0. The lowest BCUT2D eigenvalue weighted by atomic mass is 10.2. The second kappa shape index (κ2) is 9.78. The second-order valence-electron chi connectivity index (χ2n) is 5.82. The van der Waals surface area contributed by atoms with E-state index in [4.69, 9.17) is 14.2 Å². The highest BCUT2D eigenvalue weighted by Gasteiger charge is 2.13. The number of methoxy groups -OCH3 is 2. The monoisotopic (exact) mass is 406 g/mol. The van der Waals surface area contributed by atoms with Crippen LogP contribution < -0.4 is 19.6 Å². The number of aromatic nitrogens is 2. The average molecular weight is 406 g/mol. The molecule has 30 heavy (non-hydrogen) atoms. The second-order valence-corrected chi connectivity index (χ2v) is 5.82. The molecule has 0 bridgehead atoms. The van der Waals surface area contributed by atoms with Crippen LogP contribution in [0.25, 0.3) is 0 Å². The van der Waals surface area contributed by atoms with Crippen LogP contribution in [-0.4, -0.2) is 42.3 Å². The Hall–Kier alpha value is -4.27. The Morgan fingerprint density at radius 2 is 1.77 bits per heavy atom. The van der Waals surface area contributed by atoms with E-state index in [0.717, 1.165) is 0 Å². The van der Waals surface area contributed by atoms with Crippen LogP contribution in [0.1, 0.15) is 26.4 Å². The van der Waals surface area contributed by atoms with Gasteiger partial charge < -0.3 is 14.2 Å². The number of benzene rings is 2. The molecular weight excluding hydrogens is 388 g/mol. The largest absolute Gasteiger partial charge is 0.493 e. The first-order valence-corrected chi connectivity index (χ1v) is 8.74. The minimum absolute atomic E-state index is 0.159. The van der Waals surface area contributed by atoms with Crippen molar-refractivity contribution in [1.82, 2.24) is 15.4 Å². The van der Waals surface area contributed by atoms with Crippen LogP contribution in [0.2, 0.25) is 0 Å². The van der Waals surface area contributed by atoms with Gasteiger partial charge in [0.15, 0.2) is 11.5 Å². The molecule has 1 amide bonds. The van der Waals surface area contributed by atoms with Crippen molar-refractivity contribution < 1.29 is 23.8 Å². The summed E-state index contributed by atoms with van der Waals surface area (Å²) in [6.45, 7) is 0. The van der Waals surface area contributed by atoms with Gasteiger partial charge in [-0.05, 0) is 48.0 Å². The van der Waals surface area contributed by atoms with E-state index in [9.17, 15) is 9.59 Å². The Labute approximate surface area is 172 Å². The van der Waals surface area contributed by atoms with Gasteiger partial charge in [-0.15, -0.1) is 0 Å². The van der Waals surface area contributed by atoms with Gasteiger partial charge in [-0.3, -0.25) is 9.78 Å². The number of hydrazone groups is 1. The molecule has 0 saturated heterocycles. The predicted octanol–water partition coefficient (Wildman–Crippen LogP) is 2.48. The van der Waals surface area contributed by atoms with Gasteiger partial charge in [0, 0.05) is 12.4 Å². The molecule has 9 nitrogen and oxygen atoms in total. The first kappa shape index (κ1) is 20.5. The molecule has 0 fully saturated rings. The molecule has 0 aliphatic carbocycles. The van der Waals surface area contributed by atoms with Crippen molar-refractivity contribution in [3.05, 3.63) is 77.9 Å². The van der Waals surface area contributed by atoms with Gasteiger partial charge in [-0.1, -0.05) is 0 Å². The van der Waals surface area contributed by atoms with Gasteiger partial charge in [0.25, 0.3) is 5.91 Å². The summed E-state index contributed by atoms with van der Waals surface area (Å²) in [6, 6.07) is 11.4. The zero-order chi connectivity index (χ0) is 21.3. The summed E-state index contributed by atoms with van der Waals surface area (Å²) in [7, 11) is 3.00. The minimum Gasteiger partial charge on any atom is -0.493 e. The standard InChI is InChI=1S/C21H18N4O5/c1-28-18-8-5-15(11-19(18)29-2)21(27)30-16-6-3-14(4-7-16)12-24-25-20(26)17-13-22-9-10-23-17/h3-13H,1-2H3,(H,25,26)/b24-12+. The van der Waals surface area contributed by atoms with E-state index in [-0.39, 0.29) is 5.69 Å². The maximum absolute atomic E-state index is 12.3. The third-order valence-electron chi connectivity index (χ3n) is 3.89. The Kier molecular flexibility index (Phi) is 6.67. The van der Waals surface area contributed by atoms with E-state index < -0.39 is 11.9 Å². The Bertz CT molecular complexity index is 1050. The lowest BCUT2D eigenvalue weighted by Gasteiger charge is -2.09. The minimum atomic E-state index is -0.534. The van der Waals surface area contributed by atoms with Crippen molar-refractivity contribution in [3.8, 4) is 17.2 Å². The molecule has 1 heterocycles. The van der Waals surface area contributed by atoms with E-state index in [0.29, 0.717) is 28.4 Å².